The first kappa shape index (κ1) is 11.2. The van der Waals surface area contributed by atoms with E-state index in [1.807, 2.05) is 0 Å². The normalized spacial score (nSPS) is 17.8. The molecule has 0 amide bonds. The molecule has 0 fully saturated rings. The third kappa shape index (κ3) is 2.13. The van der Waals surface area contributed by atoms with E-state index in [0.717, 1.165) is 42.8 Å². The number of hydrogen-bond donors (Lipinski definition) is 0. The highest BCUT2D eigenvalue weighted by atomic mass is 16.1. The first-order valence-corrected chi connectivity index (χ1v) is 6.11. The molecule has 16 heavy (non-hydrogen) atoms. The highest BCUT2D eigenvalue weighted by Gasteiger charge is 2.18. The Morgan fingerprint density at radius 2 is 2.12 bits per heavy atom. The van der Waals surface area contributed by atoms with Crippen molar-refractivity contribution in [1.29, 1.82) is 0 Å². The third-order valence-corrected chi connectivity index (χ3v) is 3.31. The summed E-state index contributed by atoms with van der Waals surface area (Å²) in [5, 5.41) is 0. The Morgan fingerprint density at radius 1 is 1.38 bits per heavy atom. The van der Waals surface area contributed by atoms with Gasteiger partial charge in [0.25, 0.3) is 0 Å². The van der Waals surface area contributed by atoms with Crippen molar-refractivity contribution < 1.29 is 4.79 Å². The van der Waals surface area contributed by atoms with Crippen molar-refractivity contribution in [3.05, 3.63) is 23.3 Å². The van der Waals surface area contributed by atoms with E-state index in [1.165, 1.54) is 0 Å². The van der Waals surface area contributed by atoms with Gasteiger partial charge in [-0.05, 0) is 25.7 Å². The quantitative estimate of drug-likeness (QED) is 0.717. The summed E-state index contributed by atoms with van der Waals surface area (Å²) in [6.45, 7) is 4.26. The minimum Gasteiger partial charge on any atom is -0.294 e. The van der Waals surface area contributed by atoms with Crippen LogP contribution in [0.25, 0.3) is 0 Å². The number of hydrogen-bond acceptors (Lipinski definition) is 3. The zero-order valence-corrected chi connectivity index (χ0v) is 9.99. The van der Waals surface area contributed by atoms with E-state index in [1.54, 1.807) is 6.20 Å². The maximum Gasteiger partial charge on any atom is 0.166 e. The maximum absolute atomic E-state index is 11.8. The predicted molar refractivity (Wildman–Crippen MR) is 62.6 cm³/mol. The van der Waals surface area contributed by atoms with Gasteiger partial charge >= 0.3 is 0 Å². The number of carbonyl (C=O) groups excluding carboxylic acids is 1. The van der Waals surface area contributed by atoms with Crippen LogP contribution in [0.5, 0.6) is 0 Å². The number of aryl methyl sites for hydroxylation is 1. The molecule has 0 aromatic carbocycles. The van der Waals surface area contributed by atoms with Gasteiger partial charge in [-0.2, -0.15) is 0 Å². The molecule has 3 nitrogen and oxygen atoms in total. The Hall–Kier alpha value is -1.25. The van der Waals surface area contributed by atoms with Gasteiger partial charge in [0.15, 0.2) is 5.78 Å². The molecule has 0 saturated heterocycles. The van der Waals surface area contributed by atoms with Gasteiger partial charge in [0.1, 0.15) is 5.82 Å². The van der Waals surface area contributed by atoms with E-state index >= 15 is 0 Å². The molecule has 0 N–H and O–H groups in total. The molecule has 1 aliphatic rings. The number of nitrogens with zero attached hydrogens (tertiary/aromatic N) is 2. The second-order valence-corrected chi connectivity index (χ2v) is 4.53. The van der Waals surface area contributed by atoms with Gasteiger partial charge < -0.3 is 0 Å². The summed E-state index contributed by atoms with van der Waals surface area (Å²) in [5.74, 6) is 1.47. The highest BCUT2D eigenvalue weighted by molar-refractivity contribution is 5.97. The molecule has 1 atom stereocenters. The van der Waals surface area contributed by atoms with Gasteiger partial charge in [-0.3, -0.25) is 4.79 Å². The van der Waals surface area contributed by atoms with Crippen LogP contribution in [-0.4, -0.2) is 15.8 Å². The van der Waals surface area contributed by atoms with Crippen LogP contribution in [0.1, 0.15) is 67.3 Å². The summed E-state index contributed by atoms with van der Waals surface area (Å²) in [6, 6.07) is 0. The Kier molecular flexibility index (Phi) is 3.32. The number of rotatable bonds is 2. The van der Waals surface area contributed by atoms with Gasteiger partial charge in [-0.15, -0.1) is 0 Å². The summed E-state index contributed by atoms with van der Waals surface area (Å²) in [4.78, 5) is 20.7. The lowest BCUT2D eigenvalue weighted by molar-refractivity contribution is 0.0981. The zero-order valence-electron chi connectivity index (χ0n) is 9.99. The molecule has 3 heteroatoms. The second-order valence-electron chi connectivity index (χ2n) is 4.53. The van der Waals surface area contributed by atoms with E-state index in [2.05, 4.69) is 23.8 Å². The molecular weight excluding hydrogens is 200 g/mol. The molecule has 0 saturated carbocycles. The molecule has 0 spiro atoms. The standard InChI is InChI=1S/C13H18N2O/c1-3-9(2)13-14-8-10-11(15-13)6-4-5-7-12(10)16/h8-9H,3-7H2,1-2H3. The largest absolute Gasteiger partial charge is 0.294 e. The van der Waals surface area contributed by atoms with Crippen molar-refractivity contribution in [3.63, 3.8) is 0 Å². The topological polar surface area (TPSA) is 42.9 Å². The van der Waals surface area contributed by atoms with E-state index in [-0.39, 0.29) is 5.78 Å². The van der Waals surface area contributed by atoms with Crippen molar-refractivity contribution in [2.75, 3.05) is 0 Å². The zero-order chi connectivity index (χ0) is 11.5. The van der Waals surface area contributed by atoms with Gasteiger partial charge in [-0.1, -0.05) is 13.8 Å². The van der Waals surface area contributed by atoms with Crippen molar-refractivity contribution >= 4 is 5.78 Å². The average molecular weight is 218 g/mol. The Morgan fingerprint density at radius 3 is 2.88 bits per heavy atom. The van der Waals surface area contributed by atoms with Crippen LogP contribution in [0.3, 0.4) is 0 Å². The van der Waals surface area contributed by atoms with E-state index in [0.29, 0.717) is 12.3 Å². The second kappa shape index (κ2) is 4.73. The summed E-state index contributed by atoms with van der Waals surface area (Å²) < 4.78 is 0. The molecule has 0 aliphatic heterocycles. The molecule has 1 unspecified atom stereocenters. The maximum atomic E-state index is 11.8. The van der Waals surface area contributed by atoms with Crippen LogP contribution in [0.2, 0.25) is 0 Å². The van der Waals surface area contributed by atoms with Crippen LogP contribution < -0.4 is 0 Å². The molecule has 1 aromatic heterocycles. The monoisotopic (exact) mass is 218 g/mol. The molecule has 86 valence electrons. The summed E-state index contributed by atoms with van der Waals surface area (Å²) in [6.07, 6.45) is 6.39. The number of carbonyl (C=O) groups is 1. The Balaban J connectivity index is 2.37. The van der Waals surface area contributed by atoms with Crippen molar-refractivity contribution in [2.45, 2.75) is 51.9 Å². The summed E-state index contributed by atoms with van der Waals surface area (Å²) >= 11 is 0. The molecule has 1 aromatic rings. The van der Waals surface area contributed by atoms with Gasteiger partial charge in [0, 0.05) is 18.5 Å². The van der Waals surface area contributed by atoms with Crippen LogP contribution in [-0.2, 0) is 6.42 Å². The van der Waals surface area contributed by atoms with Crippen molar-refractivity contribution in [2.24, 2.45) is 0 Å². The summed E-state index contributed by atoms with van der Waals surface area (Å²) in [7, 11) is 0. The minimum absolute atomic E-state index is 0.211. The summed E-state index contributed by atoms with van der Waals surface area (Å²) in [5.41, 5.74) is 1.72. The van der Waals surface area contributed by atoms with E-state index in [4.69, 9.17) is 0 Å². The first-order chi connectivity index (χ1) is 7.72. The van der Waals surface area contributed by atoms with E-state index in [9.17, 15) is 4.79 Å². The lowest BCUT2D eigenvalue weighted by Crippen LogP contribution is -2.08. The van der Waals surface area contributed by atoms with Crippen LogP contribution >= 0.6 is 0 Å². The van der Waals surface area contributed by atoms with Crippen LogP contribution in [0, 0.1) is 0 Å². The molecule has 0 bridgehead atoms. The Labute approximate surface area is 96.3 Å². The van der Waals surface area contributed by atoms with Crippen molar-refractivity contribution in [1.82, 2.24) is 9.97 Å². The van der Waals surface area contributed by atoms with Crippen molar-refractivity contribution in [3.8, 4) is 0 Å². The smallest absolute Gasteiger partial charge is 0.166 e. The lowest BCUT2D eigenvalue weighted by Gasteiger charge is -2.10. The molecule has 0 radical (unpaired) electrons. The highest BCUT2D eigenvalue weighted by Crippen LogP contribution is 2.21. The molecule has 1 aliphatic carbocycles. The number of Topliss-reactive ketones (excluding diaryl/α,β-unsaturated/α-hetero) is 1. The fourth-order valence-corrected chi connectivity index (χ4v) is 1.99. The number of aromatic nitrogens is 2. The lowest BCUT2D eigenvalue weighted by atomic mass is 10.1. The predicted octanol–water partition coefficient (Wildman–Crippen LogP) is 2.90. The van der Waals surface area contributed by atoms with Crippen LogP contribution in [0.4, 0.5) is 0 Å². The SMILES string of the molecule is CCC(C)c1ncc2c(n1)CCCCC2=O. The van der Waals surface area contributed by atoms with Gasteiger partial charge in [0.2, 0.25) is 0 Å². The fraction of sp³-hybridized carbons (Fsp3) is 0.615. The van der Waals surface area contributed by atoms with Gasteiger partial charge in [-0.25, -0.2) is 9.97 Å². The first-order valence-electron chi connectivity index (χ1n) is 6.11. The molecule has 1 heterocycles. The van der Waals surface area contributed by atoms with Gasteiger partial charge in [0.05, 0.1) is 11.3 Å². The Bertz CT molecular complexity index is 401. The fourth-order valence-electron chi connectivity index (χ4n) is 1.99. The third-order valence-electron chi connectivity index (χ3n) is 3.31. The number of fused-ring (bicyclic) bond motifs is 1. The number of ketones is 1. The molecule has 2 rings (SSSR count). The van der Waals surface area contributed by atoms with Crippen LogP contribution in [0.15, 0.2) is 6.20 Å². The molecular formula is C13H18N2O. The van der Waals surface area contributed by atoms with E-state index < -0.39 is 0 Å². The minimum atomic E-state index is 0.211. The average Bonchev–Trinajstić information content (AvgIpc) is 2.50.